The Kier molecular flexibility index (Phi) is 8.04. The average molecular weight is 446 g/mol. The molecule has 0 bridgehead atoms. The summed E-state index contributed by atoms with van der Waals surface area (Å²) in [6, 6.07) is 11.8. The molecular weight excluding hydrogens is 417 g/mol. The molecule has 2 amide bonds. The molecule has 5 nitrogen and oxygen atoms in total. The van der Waals surface area contributed by atoms with Crippen molar-refractivity contribution in [1.82, 2.24) is 10.2 Å². The van der Waals surface area contributed by atoms with Gasteiger partial charge in [0.05, 0.1) is 11.3 Å². The molecule has 1 aliphatic heterocycles. The van der Waals surface area contributed by atoms with Crippen molar-refractivity contribution in [2.45, 2.75) is 45.7 Å². The van der Waals surface area contributed by atoms with Gasteiger partial charge >= 0.3 is 0 Å². The summed E-state index contributed by atoms with van der Waals surface area (Å²) < 4.78 is 14.0. The second-order valence-electron chi connectivity index (χ2n) is 8.10. The molecular formula is C24H29ClFN3O2. The lowest BCUT2D eigenvalue weighted by molar-refractivity contribution is -0.121. The lowest BCUT2D eigenvalue weighted by Gasteiger charge is -2.31. The molecule has 2 aromatic carbocycles. The second kappa shape index (κ2) is 10.7. The zero-order valence-corrected chi connectivity index (χ0v) is 18.7. The topological polar surface area (TPSA) is 61.4 Å². The van der Waals surface area contributed by atoms with Crippen molar-refractivity contribution in [2.75, 3.05) is 18.4 Å². The maximum Gasteiger partial charge on any atom is 0.253 e. The predicted octanol–water partition coefficient (Wildman–Crippen LogP) is 4.86. The Morgan fingerprint density at radius 1 is 1.19 bits per heavy atom. The molecule has 0 spiro atoms. The maximum absolute atomic E-state index is 14.0. The van der Waals surface area contributed by atoms with Gasteiger partial charge in [0.15, 0.2) is 0 Å². The first-order chi connectivity index (χ1) is 14.9. The summed E-state index contributed by atoms with van der Waals surface area (Å²) in [5, 5.41) is 6.26. The smallest absolute Gasteiger partial charge is 0.253 e. The molecule has 1 aliphatic rings. The summed E-state index contributed by atoms with van der Waals surface area (Å²) >= 11 is 5.82. The van der Waals surface area contributed by atoms with Crippen LogP contribution in [0.5, 0.6) is 0 Å². The van der Waals surface area contributed by atoms with Crippen molar-refractivity contribution in [2.24, 2.45) is 5.92 Å². The molecule has 31 heavy (non-hydrogen) atoms. The van der Waals surface area contributed by atoms with Crippen LogP contribution in [0.3, 0.4) is 0 Å². The van der Waals surface area contributed by atoms with Crippen LogP contribution in [0.2, 0.25) is 5.02 Å². The Hall–Kier alpha value is -2.44. The summed E-state index contributed by atoms with van der Waals surface area (Å²) in [5.74, 6) is -0.720. The first-order valence-corrected chi connectivity index (χ1v) is 11.1. The number of carbonyl (C=O) groups excluding carboxylic acids is 2. The molecule has 0 aliphatic carbocycles. The minimum absolute atomic E-state index is 0.0612. The van der Waals surface area contributed by atoms with Gasteiger partial charge in [-0.15, -0.1) is 0 Å². The van der Waals surface area contributed by atoms with Gasteiger partial charge in [-0.1, -0.05) is 36.7 Å². The molecule has 3 rings (SSSR count). The molecule has 1 fully saturated rings. The van der Waals surface area contributed by atoms with E-state index in [-0.39, 0.29) is 29.6 Å². The van der Waals surface area contributed by atoms with E-state index in [2.05, 4.69) is 15.5 Å². The van der Waals surface area contributed by atoms with Crippen molar-refractivity contribution in [3.63, 3.8) is 0 Å². The van der Waals surface area contributed by atoms with E-state index >= 15 is 0 Å². The highest BCUT2D eigenvalue weighted by molar-refractivity contribution is 6.30. The van der Waals surface area contributed by atoms with Crippen molar-refractivity contribution >= 4 is 29.1 Å². The van der Waals surface area contributed by atoms with E-state index in [1.54, 1.807) is 36.4 Å². The van der Waals surface area contributed by atoms with Gasteiger partial charge in [-0.25, -0.2) is 4.39 Å². The van der Waals surface area contributed by atoms with E-state index in [9.17, 15) is 14.0 Å². The Bertz CT molecular complexity index is 929. The van der Waals surface area contributed by atoms with Crippen molar-refractivity contribution in [3.05, 3.63) is 64.4 Å². The SMILES string of the molecule is CCC(C)NC(=O)c1ccccc1NC(=O)C1CCN(Cc2ccc(Cl)cc2F)CC1. The minimum atomic E-state index is -0.306. The third-order valence-corrected chi connectivity index (χ3v) is 6.02. The monoisotopic (exact) mass is 445 g/mol. The number of piperidine rings is 1. The Morgan fingerprint density at radius 3 is 2.58 bits per heavy atom. The maximum atomic E-state index is 14.0. The van der Waals surface area contributed by atoms with Gasteiger partial charge in [-0.05, 0) is 63.5 Å². The highest BCUT2D eigenvalue weighted by atomic mass is 35.5. The summed E-state index contributed by atoms with van der Waals surface area (Å²) in [5.41, 5.74) is 1.60. The van der Waals surface area contributed by atoms with E-state index in [4.69, 9.17) is 11.6 Å². The third-order valence-electron chi connectivity index (χ3n) is 5.79. The Labute approximate surface area is 188 Å². The molecule has 0 aromatic heterocycles. The fourth-order valence-electron chi connectivity index (χ4n) is 3.67. The van der Waals surface area contributed by atoms with E-state index < -0.39 is 0 Å². The van der Waals surface area contributed by atoms with Crippen LogP contribution in [0.25, 0.3) is 0 Å². The minimum Gasteiger partial charge on any atom is -0.350 e. The van der Waals surface area contributed by atoms with Gasteiger partial charge < -0.3 is 10.6 Å². The number of halogens is 2. The highest BCUT2D eigenvalue weighted by Crippen LogP contribution is 2.24. The number of hydrogen-bond acceptors (Lipinski definition) is 3. The number of rotatable bonds is 7. The van der Waals surface area contributed by atoms with E-state index in [1.165, 1.54) is 6.07 Å². The molecule has 0 radical (unpaired) electrons. The van der Waals surface area contributed by atoms with Gasteiger partial charge in [0.1, 0.15) is 5.82 Å². The highest BCUT2D eigenvalue weighted by Gasteiger charge is 2.26. The number of amides is 2. The Balaban J connectivity index is 1.56. The molecule has 0 saturated carbocycles. The van der Waals surface area contributed by atoms with Gasteiger partial charge in [0.25, 0.3) is 5.91 Å². The van der Waals surface area contributed by atoms with Crippen LogP contribution < -0.4 is 10.6 Å². The molecule has 166 valence electrons. The number of benzene rings is 2. The van der Waals surface area contributed by atoms with Gasteiger partial charge in [-0.3, -0.25) is 14.5 Å². The fraction of sp³-hybridized carbons (Fsp3) is 0.417. The zero-order valence-electron chi connectivity index (χ0n) is 18.0. The van der Waals surface area contributed by atoms with Crippen LogP contribution in [0.1, 0.15) is 49.0 Å². The number of carbonyl (C=O) groups is 2. The number of anilines is 1. The van der Waals surface area contributed by atoms with Crippen molar-refractivity contribution in [3.8, 4) is 0 Å². The number of para-hydroxylation sites is 1. The molecule has 1 saturated heterocycles. The Morgan fingerprint density at radius 2 is 1.90 bits per heavy atom. The number of nitrogens with zero attached hydrogens (tertiary/aromatic N) is 1. The quantitative estimate of drug-likeness (QED) is 0.639. The molecule has 1 atom stereocenters. The average Bonchev–Trinajstić information content (AvgIpc) is 2.76. The summed E-state index contributed by atoms with van der Waals surface area (Å²) in [6.45, 7) is 5.86. The number of hydrogen-bond donors (Lipinski definition) is 2. The molecule has 2 aromatic rings. The predicted molar refractivity (Wildman–Crippen MR) is 122 cm³/mol. The van der Waals surface area contributed by atoms with E-state index in [0.717, 1.165) is 6.42 Å². The standard InChI is InChI=1S/C24H29ClFN3O2/c1-3-16(2)27-24(31)20-6-4-5-7-22(20)28-23(30)17-10-12-29(13-11-17)15-18-8-9-19(25)14-21(18)26/h4-9,14,16-17H,3,10-13,15H2,1-2H3,(H,27,31)(H,28,30). The lowest BCUT2D eigenvalue weighted by atomic mass is 9.95. The molecule has 1 unspecified atom stereocenters. The van der Waals surface area contributed by atoms with Crippen LogP contribution in [0, 0.1) is 11.7 Å². The molecule has 1 heterocycles. The molecule has 7 heteroatoms. The van der Waals surface area contributed by atoms with Crippen molar-refractivity contribution < 1.29 is 14.0 Å². The van der Waals surface area contributed by atoms with Gasteiger partial charge in [-0.2, -0.15) is 0 Å². The normalized spacial score (nSPS) is 16.0. The van der Waals surface area contributed by atoms with Crippen LogP contribution in [-0.2, 0) is 11.3 Å². The van der Waals surface area contributed by atoms with E-state index in [1.807, 2.05) is 13.8 Å². The van der Waals surface area contributed by atoms with Crippen LogP contribution >= 0.6 is 11.6 Å². The number of nitrogens with one attached hydrogen (secondary N) is 2. The summed E-state index contributed by atoms with van der Waals surface area (Å²) in [7, 11) is 0. The molecule has 2 N–H and O–H groups in total. The summed E-state index contributed by atoms with van der Waals surface area (Å²) in [6.07, 6.45) is 2.20. The van der Waals surface area contributed by atoms with Crippen LogP contribution in [0.15, 0.2) is 42.5 Å². The number of likely N-dealkylation sites (tertiary alicyclic amines) is 1. The van der Waals surface area contributed by atoms with Gasteiger partial charge in [0, 0.05) is 29.1 Å². The zero-order chi connectivity index (χ0) is 22.4. The van der Waals surface area contributed by atoms with E-state index in [0.29, 0.717) is 54.3 Å². The van der Waals surface area contributed by atoms with Crippen molar-refractivity contribution in [1.29, 1.82) is 0 Å². The second-order valence-corrected chi connectivity index (χ2v) is 8.54. The van der Waals surface area contributed by atoms with Gasteiger partial charge in [0.2, 0.25) is 5.91 Å². The first-order valence-electron chi connectivity index (χ1n) is 10.7. The first kappa shape index (κ1) is 23.2. The third kappa shape index (κ3) is 6.28. The summed E-state index contributed by atoms with van der Waals surface area (Å²) in [4.78, 5) is 27.5. The van der Waals surface area contributed by atoms with Crippen LogP contribution in [0.4, 0.5) is 10.1 Å². The fourth-order valence-corrected chi connectivity index (χ4v) is 3.83. The largest absolute Gasteiger partial charge is 0.350 e. The van der Waals surface area contributed by atoms with Crippen LogP contribution in [-0.4, -0.2) is 35.8 Å². The lowest BCUT2D eigenvalue weighted by Crippen LogP contribution is -2.38.